The number of alkyl halides is 1. The molecule has 0 spiro atoms. The van der Waals surface area contributed by atoms with E-state index in [9.17, 15) is 4.39 Å². The van der Waals surface area contributed by atoms with Crippen LogP contribution in [-0.4, -0.2) is 5.11 Å². The van der Waals surface area contributed by atoms with E-state index < -0.39 is 0 Å². The van der Waals surface area contributed by atoms with Crippen LogP contribution in [0.25, 0.3) is 0 Å². The molecule has 2 aromatic rings. The topological polar surface area (TPSA) is 29.5 Å². The fraction of sp³-hybridized carbons (Fsp3) is 0.200. The molecule has 0 saturated carbocycles. The van der Waals surface area contributed by atoms with E-state index in [1.165, 1.54) is 6.07 Å². The highest BCUT2D eigenvalue weighted by atomic mass is 79.9. The Morgan fingerprint density at radius 2 is 1.84 bits per heavy atom. The zero-order chi connectivity index (χ0) is 13.7. The maximum Gasteiger partial charge on any atom is 0.165 e. The summed E-state index contributed by atoms with van der Waals surface area (Å²) in [5.41, 5.74) is 2.67. The molecule has 0 atom stereocenters. The largest absolute Gasteiger partial charge is 0.486 e. The van der Waals surface area contributed by atoms with E-state index in [0.717, 1.165) is 16.7 Å². The molecule has 2 aromatic carbocycles. The molecule has 2 rings (SSSR count). The second-order valence-corrected chi connectivity index (χ2v) is 4.73. The predicted octanol–water partition coefficient (Wildman–Crippen LogP) is 3.79. The van der Waals surface area contributed by atoms with Crippen LogP contribution in [0.4, 0.5) is 4.39 Å². The lowest BCUT2D eigenvalue weighted by Gasteiger charge is -2.09. The molecule has 0 saturated heterocycles. The lowest BCUT2D eigenvalue weighted by Crippen LogP contribution is -1.99. The molecule has 0 aliphatic heterocycles. The summed E-state index contributed by atoms with van der Waals surface area (Å²) in [6, 6.07) is 12.2. The van der Waals surface area contributed by atoms with E-state index >= 15 is 0 Å². The van der Waals surface area contributed by atoms with Crippen molar-refractivity contribution in [1.82, 2.24) is 0 Å². The fourth-order valence-electron chi connectivity index (χ4n) is 1.72. The van der Waals surface area contributed by atoms with E-state index in [-0.39, 0.29) is 24.8 Å². The van der Waals surface area contributed by atoms with Crippen LogP contribution in [0.5, 0.6) is 5.75 Å². The normalized spacial score (nSPS) is 10.5. The summed E-state index contributed by atoms with van der Waals surface area (Å²) in [6.45, 7) is 0.262. The predicted molar refractivity (Wildman–Crippen MR) is 75.7 cm³/mol. The molecule has 0 radical (unpaired) electrons. The average molecular weight is 325 g/mol. The monoisotopic (exact) mass is 324 g/mol. The Morgan fingerprint density at radius 3 is 2.58 bits per heavy atom. The summed E-state index contributed by atoms with van der Waals surface area (Å²) in [5, 5.41) is 9.71. The molecule has 1 N–H and O–H groups in total. The molecule has 100 valence electrons. The zero-order valence-corrected chi connectivity index (χ0v) is 11.9. The minimum absolute atomic E-state index is 0.0126. The van der Waals surface area contributed by atoms with E-state index in [1.54, 1.807) is 12.1 Å². The molecule has 0 unspecified atom stereocenters. The van der Waals surface area contributed by atoms with Gasteiger partial charge in [-0.3, -0.25) is 0 Å². The summed E-state index contributed by atoms with van der Waals surface area (Å²) < 4.78 is 19.1. The van der Waals surface area contributed by atoms with Gasteiger partial charge in [0.2, 0.25) is 0 Å². The highest BCUT2D eigenvalue weighted by molar-refractivity contribution is 9.08. The van der Waals surface area contributed by atoms with Gasteiger partial charge in [-0.15, -0.1) is 0 Å². The van der Waals surface area contributed by atoms with Gasteiger partial charge in [0.15, 0.2) is 11.6 Å². The fourth-order valence-corrected chi connectivity index (χ4v) is 2.07. The average Bonchev–Trinajstić information content (AvgIpc) is 2.46. The number of aliphatic hydroxyl groups is 1. The maximum atomic E-state index is 13.6. The minimum Gasteiger partial charge on any atom is -0.486 e. The van der Waals surface area contributed by atoms with Gasteiger partial charge >= 0.3 is 0 Å². The van der Waals surface area contributed by atoms with Crippen LogP contribution in [0, 0.1) is 5.82 Å². The Bertz CT molecular complexity index is 558. The summed E-state index contributed by atoms with van der Waals surface area (Å²) in [7, 11) is 0. The van der Waals surface area contributed by atoms with Gasteiger partial charge in [-0.1, -0.05) is 46.3 Å². The van der Waals surface area contributed by atoms with Crippen molar-refractivity contribution in [2.75, 3.05) is 0 Å². The maximum absolute atomic E-state index is 13.6. The number of aliphatic hydroxyl groups excluding tert-OH is 1. The van der Waals surface area contributed by atoms with Crippen molar-refractivity contribution in [3.63, 3.8) is 0 Å². The highest BCUT2D eigenvalue weighted by Crippen LogP contribution is 2.21. The summed E-state index contributed by atoms with van der Waals surface area (Å²) in [4.78, 5) is 0. The van der Waals surface area contributed by atoms with Crippen LogP contribution in [0.1, 0.15) is 16.7 Å². The van der Waals surface area contributed by atoms with E-state index in [0.29, 0.717) is 5.33 Å². The van der Waals surface area contributed by atoms with Crippen molar-refractivity contribution in [3.8, 4) is 5.75 Å². The molecule has 0 aliphatic carbocycles. The van der Waals surface area contributed by atoms with Crippen molar-refractivity contribution in [2.45, 2.75) is 18.5 Å². The Kier molecular flexibility index (Phi) is 4.93. The van der Waals surface area contributed by atoms with Crippen molar-refractivity contribution in [1.29, 1.82) is 0 Å². The van der Waals surface area contributed by atoms with Gasteiger partial charge in [0, 0.05) is 5.33 Å². The molecule has 0 heterocycles. The molecular weight excluding hydrogens is 311 g/mol. The van der Waals surface area contributed by atoms with Crippen molar-refractivity contribution >= 4 is 15.9 Å². The van der Waals surface area contributed by atoms with Gasteiger partial charge in [-0.05, 0) is 28.8 Å². The second kappa shape index (κ2) is 6.68. The van der Waals surface area contributed by atoms with Crippen molar-refractivity contribution in [3.05, 3.63) is 65.0 Å². The number of hydrogen-bond donors (Lipinski definition) is 1. The van der Waals surface area contributed by atoms with Gasteiger partial charge in [-0.2, -0.15) is 0 Å². The van der Waals surface area contributed by atoms with E-state index in [4.69, 9.17) is 9.84 Å². The minimum atomic E-state index is -0.372. The Morgan fingerprint density at radius 1 is 1.05 bits per heavy atom. The highest BCUT2D eigenvalue weighted by Gasteiger charge is 2.05. The van der Waals surface area contributed by atoms with Gasteiger partial charge in [0.1, 0.15) is 6.61 Å². The van der Waals surface area contributed by atoms with Gasteiger partial charge in [0.05, 0.1) is 6.61 Å². The van der Waals surface area contributed by atoms with Gasteiger partial charge in [-0.25, -0.2) is 4.39 Å². The summed E-state index contributed by atoms with van der Waals surface area (Å²) >= 11 is 3.33. The van der Waals surface area contributed by atoms with Crippen LogP contribution in [0.3, 0.4) is 0 Å². The number of benzene rings is 2. The summed E-state index contributed by atoms with van der Waals surface area (Å²) in [5.74, 6) is -0.130. The molecule has 19 heavy (non-hydrogen) atoms. The van der Waals surface area contributed by atoms with Crippen LogP contribution in [0.2, 0.25) is 0 Å². The first kappa shape index (κ1) is 14.0. The number of hydrogen-bond acceptors (Lipinski definition) is 2. The van der Waals surface area contributed by atoms with Crippen LogP contribution in [0.15, 0.2) is 42.5 Å². The second-order valence-electron chi connectivity index (χ2n) is 4.17. The first-order chi connectivity index (χ1) is 9.22. The van der Waals surface area contributed by atoms with E-state index in [1.807, 2.05) is 24.3 Å². The Balaban J connectivity index is 2.09. The summed E-state index contributed by atoms with van der Waals surface area (Å²) in [6.07, 6.45) is 0. The standard InChI is InChI=1S/C15H14BrFO2/c16-8-11-4-5-14(17)15(7-11)19-10-13-3-1-2-12(6-13)9-18/h1-7,18H,8-10H2. The molecule has 0 amide bonds. The third-order valence-corrected chi connectivity index (χ3v) is 3.37. The first-order valence-electron chi connectivity index (χ1n) is 5.89. The van der Waals surface area contributed by atoms with Crippen LogP contribution >= 0.6 is 15.9 Å². The number of ether oxygens (including phenoxy) is 1. The van der Waals surface area contributed by atoms with E-state index in [2.05, 4.69) is 15.9 Å². The first-order valence-corrected chi connectivity index (χ1v) is 7.01. The zero-order valence-electron chi connectivity index (χ0n) is 10.3. The molecule has 4 heteroatoms. The SMILES string of the molecule is OCc1cccc(COc2cc(CBr)ccc2F)c1. The number of rotatable bonds is 5. The van der Waals surface area contributed by atoms with Crippen molar-refractivity contribution in [2.24, 2.45) is 0 Å². The quantitative estimate of drug-likeness (QED) is 0.848. The molecular formula is C15H14BrFO2. The molecule has 0 aliphatic rings. The van der Waals surface area contributed by atoms with Crippen LogP contribution in [-0.2, 0) is 18.5 Å². The number of halogens is 2. The lowest BCUT2D eigenvalue weighted by atomic mass is 10.1. The third kappa shape index (κ3) is 3.78. The van der Waals surface area contributed by atoms with Crippen LogP contribution < -0.4 is 4.74 Å². The molecule has 0 aromatic heterocycles. The lowest BCUT2D eigenvalue weighted by molar-refractivity contribution is 0.278. The molecule has 2 nitrogen and oxygen atoms in total. The smallest absolute Gasteiger partial charge is 0.165 e. The third-order valence-electron chi connectivity index (χ3n) is 2.72. The molecule has 0 bridgehead atoms. The van der Waals surface area contributed by atoms with Crippen molar-refractivity contribution < 1.29 is 14.2 Å². The van der Waals surface area contributed by atoms with Gasteiger partial charge in [0.25, 0.3) is 0 Å². The molecule has 0 fully saturated rings. The Labute approximate surface area is 120 Å². The van der Waals surface area contributed by atoms with Gasteiger partial charge < -0.3 is 9.84 Å². The Hall–Kier alpha value is -1.39.